The fourth-order valence-electron chi connectivity index (χ4n) is 2.16. The van der Waals surface area contributed by atoms with Gasteiger partial charge in [-0.3, -0.25) is 4.79 Å². The van der Waals surface area contributed by atoms with E-state index < -0.39 is 11.6 Å². The quantitative estimate of drug-likeness (QED) is 0.715. The molecular formula is C10H16FNO2. The van der Waals surface area contributed by atoms with Crippen molar-refractivity contribution in [3.05, 3.63) is 0 Å². The van der Waals surface area contributed by atoms with Crippen molar-refractivity contribution in [3.8, 4) is 0 Å². The molecule has 0 aromatic heterocycles. The molecule has 1 aliphatic carbocycles. The van der Waals surface area contributed by atoms with Gasteiger partial charge in [0.15, 0.2) is 0 Å². The highest BCUT2D eigenvalue weighted by atomic mass is 19.1. The highest BCUT2D eigenvalue weighted by molar-refractivity contribution is 5.86. The molecule has 80 valence electrons. The zero-order valence-corrected chi connectivity index (χ0v) is 8.37. The smallest absolute Gasteiger partial charge is 0.231 e. The molecule has 0 spiro atoms. The maximum absolute atomic E-state index is 13.0. The monoisotopic (exact) mass is 201 g/mol. The number of likely N-dealkylation sites (tertiary alicyclic amines) is 1. The summed E-state index contributed by atoms with van der Waals surface area (Å²) in [5.41, 5.74) is -0.780. The first-order valence-electron chi connectivity index (χ1n) is 5.15. The third-order valence-corrected chi connectivity index (χ3v) is 3.47. The van der Waals surface area contributed by atoms with Crippen molar-refractivity contribution in [2.24, 2.45) is 5.41 Å². The number of alkyl halides is 1. The normalized spacial score (nSPS) is 41.5. The van der Waals surface area contributed by atoms with Gasteiger partial charge in [0.1, 0.15) is 6.17 Å². The first-order valence-corrected chi connectivity index (χ1v) is 5.15. The molecule has 1 heterocycles. The molecule has 1 amide bonds. The summed E-state index contributed by atoms with van der Waals surface area (Å²) in [5.74, 6) is -0.110. The minimum atomic E-state index is -0.977. The fourth-order valence-corrected chi connectivity index (χ4v) is 2.16. The van der Waals surface area contributed by atoms with Gasteiger partial charge in [0.05, 0.1) is 18.1 Å². The van der Waals surface area contributed by atoms with E-state index in [-0.39, 0.29) is 18.6 Å². The van der Waals surface area contributed by atoms with E-state index in [1.165, 1.54) is 0 Å². The molecule has 2 rings (SSSR count). The number of aliphatic hydroxyl groups excluding tert-OH is 1. The Labute approximate surface area is 82.9 Å². The Balaban J connectivity index is 2.04. The van der Waals surface area contributed by atoms with Gasteiger partial charge in [-0.15, -0.1) is 0 Å². The van der Waals surface area contributed by atoms with Crippen LogP contribution in [0.4, 0.5) is 4.39 Å². The summed E-state index contributed by atoms with van der Waals surface area (Å²) in [6.45, 7) is 2.35. The maximum Gasteiger partial charge on any atom is 0.231 e. The van der Waals surface area contributed by atoms with Crippen LogP contribution in [0.15, 0.2) is 0 Å². The predicted molar refractivity (Wildman–Crippen MR) is 49.4 cm³/mol. The van der Waals surface area contributed by atoms with Crippen molar-refractivity contribution < 1.29 is 14.3 Å². The first-order chi connectivity index (χ1) is 6.59. The highest BCUT2D eigenvalue weighted by Gasteiger charge is 2.59. The van der Waals surface area contributed by atoms with Crippen LogP contribution in [0.2, 0.25) is 0 Å². The number of carbonyl (C=O) groups excluding carboxylic acids is 1. The van der Waals surface area contributed by atoms with Crippen LogP contribution in [0.25, 0.3) is 0 Å². The number of hydrogen-bond donors (Lipinski definition) is 1. The number of hydrogen-bond acceptors (Lipinski definition) is 2. The lowest BCUT2D eigenvalue weighted by atomic mass is 10.1. The lowest BCUT2D eigenvalue weighted by molar-refractivity contribution is -0.138. The van der Waals surface area contributed by atoms with E-state index in [1.807, 2.05) is 0 Å². The van der Waals surface area contributed by atoms with Gasteiger partial charge in [0.25, 0.3) is 0 Å². The van der Waals surface area contributed by atoms with Crippen LogP contribution in [0.3, 0.4) is 0 Å². The number of rotatable bonds is 2. The molecule has 1 saturated carbocycles. The molecule has 4 heteroatoms. The SMILES string of the molecule is CC1(C(=O)N2CCC[C@H]2CO)CC1F. The topological polar surface area (TPSA) is 40.5 Å². The van der Waals surface area contributed by atoms with E-state index in [1.54, 1.807) is 11.8 Å². The van der Waals surface area contributed by atoms with Gasteiger partial charge in [-0.2, -0.15) is 0 Å². The molecule has 3 nitrogen and oxygen atoms in total. The second kappa shape index (κ2) is 3.19. The molecule has 2 fully saturated rings. The molecule has 3 atom stereocenters. The number of carbonyl (C=O) groups is 1. The van der Waals surface area contributed by atoms with Crippen LogP contribution in [0.1, 0.15) is 26.2 Å². The Bertz CT molecular complexity index is 259. The second-order valence-corrected chi connectivity index (χ2v) is 4.57. The molecule has 0 aromatic rings. The predicted octanol–water partition coefficient (Wildman–Crippen LogP) is 0.718. The van der Waals surface area contributed by atoms with Crippen molar-refractivity contribution in [2.45, 2.75) is 38.4 Å². The molecular weight excluding hydrogens is 185 g/mol. The summed E-state index contributed by atoms with van der Waals surface area (Å²) in [6.07, 6.45) is 1.13. The van der Waals surface area contributed by atoms with Crippen LogP contribution < -0.4 is 0 Å². The summed E-state index contributed by atoms with van der Waals surface area (Å²) >= 11 is 0. The maximum atomic E-state index is 13.0. The number of nitrogens with zero attached hydrogens (tertiary/aromatic N) is 1. The lowest BCUT2D eigenvalue weighted by Gasteiger charge is -2.26. The molecule has 0 radical (unpaired) electrons. The van der Waals surface area contributed by atoms with Crippen molar-refractivity contribution in [1.82, 2.24) is 4.90 Å². The van der Waals surface area contributed by atoms with E-state index in [0.717, 1.165) is 12.8 Å². The van der Waals surface area contributed by atoms with Crippen LogP contribution in [0, 0.1) is 5.41 Å². The third-order valence-electron chi connectivity index (χ3n) is 3.47. The summed E-state index contributed by atoms with van der Waals surface area (Å²) in [6, 6.07) is -0.0767. The largest absolute Gasteiger partial charge is 0.394 e. The van der Waals surface area contributed by atoms with E-state index in [2.05, 4.69) is 0 Å². The Hall–Kier alpha value is -0.640. The van der Waals surface area contributed by atoms with Crippen LogP contribution in [0.5, 0.6) is 0 Å². The first kappa shape index (κ1) is 9.90. The van der Waals surface area contributed by atoms with Gasteiger partial charge >= 0.3 is 0 Å². The molecule has 0 bridgehead atoms. The van der Waals surface area contributed by atoms with Crippen molar-refractivity contribution in [1.29, 1.82) is 0 Å². The summed E-state index contributed by atoms with van der Waals surface area (Å²) in [4.78, 5) is 13.5. The molecule has 1 saturated heterocycles. The van der Waals surface area contributed by atoms with E-state index >= 15 is 0 Å². The summed E-state index contributed by atoms with van der Waals surface area (Å²) in [7, 11) is 0. The van der Waals surface area contributed by atoms with Gasteiger partial charge < -0.3 is 10.0 Å². The summed E-state index contributed by atoms with van der Waals surface area (Å²) in [5, 5.41) is 9.05. The molecule has 2 aliphatic rings. The number of halogens is 1. The third kappa shape index (κ3) is 1.32. The molecule has 1 aliphatic heterocycles. The van der Waals surface area contributed by atoms with Crippen molar-refractivity contribution in [2.75, 3.05) is 13.2 Å². The fraction of sp³-hybridized carbons (Fsp3) is 0.900. The minimum Gasteiger partial charge on any atom is -0.394 e. The molecule has 2 unspecified atom stereocenters. The van der Waals surface area contributed by atoms with E-state index in [0.29, 0.717) is 13.0 Å². The van der Waals surface area contributed by atoms with Crippen LogP contribution in [-0.4, -0.2) is 41.3 Å². The number of aliphatic hydroxyl groups is 1. The van der Waals surface area contributed by atoms with Crippen LogP contribution >= 0.6 is 0 Å². The van der Waals surface area contributed by atoms with E-state index in [4.69, 9.17) is 5.11 Å². The molecule has 0 aromatic carbocycles. The minimum absolute atomic E-state index is 0.00122. The standard InChI is InChI=1S/C10H16FNO2/c1-10(5-8(10)11)9(14)12-4-2-3-7(12)6-13/h7-8,13H,2-6H2,1H3/t7-,8?,10?/m0/s1. The van der Waals surface area contributed by atoms with Gasteiger partial charge in [-0.25, -0.2) is 4.39 Å². The Kier molecular flexibility index (Phi) is 2.26. The lowest BCUT2D eigenvalue weighted by Crippen LogP contribution is -2.42. The highest BCUT2D eigenvalue weighted by Crippen LogP contribution is 2.50. The zero-order valence-electron chi connectivity index (χ0n) is 8.37. The van der Waals surface area contributed by atoms with Crippen LogP contribution in [-0.2, 0) is 4.79 Å². The Morgan fingerprint density at radius 3 is 2.86 bits per heavy atom. The van der Waals surface area contributed by atoms with Gasteiger partial charge in [0.2, 0.25) is 5.91 Å². The van der Waals surface area contributed by atoms with Crippen molar-refractivity contribution in [3.63, 3.8) is 0 Å². The van der Waals surface area contributed by atoms with Gasteiger partial charge in [-0.05, 0) is 26.2 Å². The van der Waals surface area contributed by atoms with Gasteiger partial charge in [0, 0.05) is 6.54 Å². The average Bonchev–Trinajstić information content (AvgIpc) is 2.67. The average molecular weight is 201 g/mol. The zero-order chi connectivity index (χ0) is 10.3. The number of amides is 1. The Morgan fingerprint density at radius 1 is 1.71 bits per heavy atom. The second-order valence-electron chi connectivity index (χ2n) is 4.57. The molecule has 14 heavy (non-hydrogen) atoms. The Morgan fingerprint density at radius 2 is 2.36 bits per heavy atom. The molecule has 1 N–H and O–H groups in total. The van der Waals surface area contributed by atoms with Gasteiger partial charge in [-0.1, -0.05) is 0 Å². The summed E-state index contributed by atoms with van der Waals surface area (Å²) < 4.78 is 13.0. The van der Waals surface area contributed by atoms with Crippen molar-refractivity contribution >= 4 is 5.91 Å². The van der Waals surface area contributed by atoms with E-state index in [9.17, 15) is 9.18 Å².